The number of hydrogen-bond acceptors (Lipinski definition) is 7. The molecule has 0 radical (unpaired) electrons. The molecule has 52 heavy (non-hydrogen) atoms. The Morgan fingerprint density at radius 1 is 0.885 bits per heavy atom. The highest BCUT2D eigenvalue weighted by atomic mass is 28.4. The third kappa shape index (κ3) is 11.2. The summed E-state index contributed by atoms with van der Waals surface area (Å²) in [4.78, 5) is 42.1. The lowest BCUT2D eigenvalue weighted by molar-refractivity contribution is -0.118. The second kappa shape index (κ2) is 17.6. The Kier molecular flexibility index (Phi) is 13.7. The topological polar surface area (TPSA) is 115 Å². The maximum Gasteiger partial charge on any atom is 0.410 e. The van der Waals surface area contributed by atoms with E-state index in [-0.39, 0.29) is 29.2 Å². The van der Waals surface area contributed by atoms with Crippen LogP contribution in [0.3, 0.4) is 0 Å². The number of nitrogens with zero attached hydrogens (tertiary/aromatic N) is 1. The number of benzene rings is 3. The Morgan fingerprint density at radius 2 is 1.46 bits per heavy atom. The minimum atomic E-state index is -2.06. The van der Waals surface area contributed by atoms with Gasteiger partial charge in [-0.3, -0.25) is 9.69 Å². The molecule has 1 aliphatic rings. The lowest BCUT2D eigenvalue weighted by Crippen LogP contribution is -2.56. The highest BCUT2D eigenvalue weighted by Crippen LogP contribution is 2.37. The lowest BCUT2D eigenvalue weighted by atomic mass is 9.84. The second-order valence-electron chi connectivity index (χ2n) is 15.9. The number of methoxy groups -OCH3 is 1. The van der Waals surface area contributed by atoms with Crippen LogP contribution >= 0.6 is 0 Å². The van der Waals surface area contributed by atoms with Crippen molar-refractivity contribution in [1.29, 1.82) is 0 Å². The number of amides is 3. The highest BCUT2D eigenvalue weighted by Gasteiger charge is 2.41. The van der Waals surface area contributed by atoms with Gasteiger partial charge >= 0.3 is 12.2 Å². The molecule has 10 nitrogen and oxygen atoms in total. The summed E-state index contributed by atoms with van der Waals surface area (Å²) in [5, 5.41) is 5.93. The molecule has 1 aliphatic heterocycles. The fraction of sp³-hybridized carbons (Fsp3) is 0.488. The van der Waals surface area contributed by atoms with Crippen LogP contribution in [0.1, 0.15) is 70.6 Å². The summed E-state index contributed by atoms with van der Waals surface area (Å²) < 4.78 is 23.7. The minimum Gasteiger partial charge on any atom is -0.453 e. The van der Waals surface area contributed by atoms with E-state index in [9.17, 15) is 14.4 Å². The number of anilines is 1. The van der Waals surface area contributed by atoms with Gasteiger partial charge in [0.05, 0.1) is 39.0 Å². The third-order valence-corrected chi connectivity index (χ3v) is 14.3. The molecule has 3 aromatic carbocycles. The van der Waals surface area contributed by atoms with Crippen LogP contribution in [0.2, 0.25) is 18.1 Å². The van der Waals surface area contributed by atoms with Crippen LogP contribution in [0.25, 0.3) is 0 Å². The van der Waals surface area contributed by atoms with E-state index in [1.54, 1.807) is 4.90 Å². The highest BCUT2D eigenvalue weighted by molar-refractivity contribution is 6.74. The molecule has 11 heteroatoms. The number of aryl methyl sites for hydroxylation is 1. The van der Waals surface area contributed by atoms with Crippen molar-refractivity contribution in [3.05, 3.63) is 102 Å². The van der Waals surface area contributed by atoms with Crippen molar-refractivity contribution in [1.82, 2.24) is 10.2 Å². The summed E-state index contributed by atoms with van der Waals surface area (Å²) in [6.07, 6.45) is -0.169. The normalized spacial score (nSPS) is 17.3. The quantitative estimate of drug-likeness (QED) is 0.181. The molecular weight excluding hydrogens is 675 g/mol. The lowest BCUT2D eigenvalue weighted by Gasteiger charge is -2.43. The van der Waals surface area contributed by atoms with Gasteiger partial charge in [0.1, 0.15) is 11.6 Å². The zero-order valence-corrected chi connectivity index (χ0v) is 33.2. The van der Waals surface area contributed by atoms with E-state index >= 15 is 0 Å². The Hall–Kier alpha value is -4.19. The van der Waals surface area contributed by atoms with Gasteiger partial charge in [0.15, 0.2) is 8.32 Å². The Morgan fingerprint density at radius 3 is 2.02 bits per heavy atom. The molecule has 1 saturated heterocycles. The molecule has 0 aliphatic carbocycles. The van der Waals surface area contributed by atoms with E-state index in [2.05, 4.69) is 44.5 Å². The standard InChI is InChI=1S/C41H57N3O7Si/c1-40(2,3)51-39(47)44-26-33(49-27-32(44)28-50-52(8,9)41(4,5)6)25-24-29-18-16-17-23-34(29)42-37(45)36(43-38(46)48-7)35(30-19-12-10-13-20-30)31-21-14-11-15-22-31/h10-23,32-33,35-36H,24-28H2,1-9H3,(H,42,45)(H,43,46). The van der Waals surface area contributed by atoms with E-state index in [1.165, 1.54) is 7.11 Å². The van der Waals surface area contributed by atoms with Crippen LogP contribution in [0.4, 0.5) is 15.3 Å². The van der Waals surface area contributed by atoms with Crippen LogP contribution in [0.15, 0.2) is 84.9 Å². The molecule has 0 spiro atoms. The molecular formula is C41H57N3O7Si. The van der Waals surface area contributed by atoms with Gasteiger partial charge in [0, 0.05) is 11.6 Å². The van der Waals surface area contributed by atoms with Gasteiger partial charge in [-0.05, 0) is 74.5 Å². The Labute approximate surface area is 310 Å². The van der Waals surface area contributed by atoms with E-state index in [1.807, 2.05) is 106 Å². The number of morpholine rings is 1. The maximum atomic E-state index is 14.2. The predicted octanol–water partition coefficient (Wildman–Crippen LogP) is 8.14. The zero-order valence-electron chi connectivity index (χ0n) is 32.2. The first kappa shape index (κ1) is 40.6. The van der Waals surface area contributed by atoms with Gasteiger partial charge < -0.3 is 29.3 Å². The van der Waals surface area contributed by atoms with E-state index in [4.69, 9.17) is 18.6 Å². The average Bonchev–Trinajstić information content (AvgIpc) is 3.09. The van der Waals surface area contributed by atoms with Crippen molar-refractivity contribution in [2.24, 2.45) is 0 Å². The molecule has 0 bridgehead atoms. The smallest absolute Gasteiger partial charge is 0.410 e. The molecule has 1 heterocycles. The molecule has 3 unspecified atom stereocenters. The zero-order chi connectivity index (χ0) is 38.1. The number of ether oxygens (including phenoxy) is 3. The summed E-state index contributed by atoms with van der Waals surface area (Å²) in [5.41, 5.74) is 2.63. The van der Waals surface area contributed by atoms with Gasteiger partial charge in [-0.2, -0.15) is 0 Å². The van der Waals surface area contributed by atoms with Crippen molar-refractivity contribution in [3.8, 4) is 0 Å². The Bertz CT molecular complexity index is 1580. The first-order chi connectivity index (χ1) is 24.5. The molecule has 2 N–H and O–H groups in total. The number of rotatable bonds is 12. The van der Waals surface area contributed by atoms with Gasteiger partial charge in [0.2, 0.25) is 5.91 Å². The number of nitrogens with one attached hydrogen (secondary N) is 2. The number of para-hydroxylation sites is 1. The Balaban J connectivity index is 1.52. The van der Waals surface area contributed by atoms with Crippen molar-refractivity contribution in [2.75, 3.05) is 32.2 Å². The number of carbonyl (C=O) groups is 3. The largest absolute Gasteiger partial charge is 0.453 e. The molecule has 0 aromatic heterocycles. The summed E-state index contributed by atoms with van der Waals surface area (Å²) in [7, 11) is -0.783. The molecule has 3 aromatic rings. The van der Waals surface area contributed by atoms with Crippen LogP contribution in [0.5, 0.6) is 0 Å². The van der Waals surface area contributed by atoms with Gasteiger partial charge in [-0.15, -0.1) is 0 Å². The average molecular weight is 732 g/mol. The predicted molar refractivity (Wildman–Crippen MR) is 207 cm³/mol. The molecule has 0 saturated carbocycles. The van der Waals surface area contributed by atoms with E-state index in [0.29, 0.717) is 38.3 Å². The van der Waals surface area contributed by atoms with Crippen LogP contribution in [-0.2, 0) is 29.9 Å². The van der Waals surface area contributed by atoms with Crippen LogP contribution in [0, 0.1) is 0 Å². The molecule has 3 atom stereocenters. The molecule has 282 valence electrons. The molecule has 1 fully saturated rings. The van der Waals surface area contributed by atoms with Crippen LogP contribution in [-0.4, -0.2) is 82.0 Å². The minimum absolute atomic E-state index is 0.0318. The van der Waals surface area contributed by atoms with Crippen molar-refractivity contribution >= 4 is 32.1 Å². The number of carbonyl (C=O) groups excluding carboxylic acids is 3. The monoisotopic (exact) mass is 731 g/mol. The fourth-order valence-corrected chi connectivity index (χ4v) is 6.95. The molecule has 3 amide bonds. The molecule has 4 rings (SSSR count). The van der Waals surface area contributed by atoms with Crippen molar-refractivity contribution < 1.29 is 33.0 Å². The fourth-order valence-electron chi connectivity index (χ4n) is 5.91. The first-order valence-corrected chi connectivity index (χ1v) is 21.0. The number of hydrogen-bond donors (Lipinski definition) is 2. The summed E-state index contributed by atoms with van der Waals surface area (Å²) >= 11 is 0. The maximum absolute atomic E-state index is 14.2. The van der Waals surface area contributed by atoms with Gasteiger partial charge in [-0.25, -0.2) is 9.59 Å². The number of alkyl carbamates (subject to hydrolysis) is 1. The van der Waals surface area contributed by atoms with Crippen molar-refractivity contribution in [2.45, 2.75) is 102 Å². The third-order valence-electron chi connectivity index (χ3n) is 9.84. The second-order valence-corrected chi connectivity index (χ2v) is 20.7. The van der Waals surface area contributed by atoms with E-state index in [0.717, 1.165) is 16.7 Å². The first-order valence-electron chi connectivity index (χ1n) is 18.1. The SMILES string of the molecule is COC(=O)NC(C(=O)Nc1ccccc1CCC1CN(C(=O)OC(C)(C)C)C(CO[Si](C)(C)C(C)(C)C)CO1)C(c1ccccc1)c1ccccc1. The summed E-state index contributed by atoms with van der Waals surface area (Å²) in [6.45, 7) is 17.6. The van der Waals surface area contributed by atoms with E-state index < -0.39 is 32.0 Å². The summed E-state index contributed by atoms with van der Waals surface area (Å²) in [6, 6.07) is 25.6. The van der Waals surface area contributed by atoms with Gasteiger partial charge in [-0.1, -0.05) is 99.6 Å². The van der Waals surface area contributed by atoms with Crippen molar-refractivity contribution in [3.63, 3.8) is 0 Å². The summed E-state index contributed by atoms with van der Waals surface area (Å²) in [5.74, 6) is -0.873. The van der Waals surface area contributed by atoms with Crippen LogP contribution < -0.4 is 10.6 Å². The van der Waals surface area contributed by atoms with Gasteiger partial charge in [0.25, 0.3) is 0 Å².